The van der Waals surface area contributed by atoms with E-state index in [2.05, 4.69) is 16.0 Å². The van der Waals surface area contributed by atoms with Crippen LogP contribution in [0.1, 0.15) is 12.8 Å². The smallest absolute Gasteiger partial charge is 0.321 e. The van der Waals surface area contributed by atoms with Gasteiger partial charge in [-0.05, 0) is 25.0 Å². The van der Waals surface area contributed by atoms with E-state index < -0.39 is 6.10 Å². The number of hydrogen-bond acceptors (Lipinski definition) is 4. The van der Waals surface area contributed by atoms with Crippen molar-refractivity contribution in [3.05, 3.63) is 30.3 Å². The molecule has 0 bridgehead atoms. The molecule has 3 atom stereocenters. The number of nitrogens with zero attached hydrogens (tertiary/aromatic N) is 1. The Balaban J connectivity index is 1.48. The zero-order valence-corrected chi connectivity index (χ0v) is 14.3. The van der Waals surface area contributed by atoms with E-state index in [1.165, 1.54) is 0 Å². The molecule has 2 saturated heterocycles. The number of urea groups is 1. The summed E-state index contributed by atoms with van der Waals surface area (Å²) in [7, 11) is 0. The number of likely N-dealkylation sites (tertiary alicyclic amines) is 1. The third kappa shape index (κ3) is 4.70. The van der Waals surface area contributed by atoms with Gasteiger partial charge >= 0.3 is 6.03 Å². The van der Waals surface area contributed by atoms with Crippen LogP contribution in [0.5, 0.6) is 0 Å². The maximum atomic E-state index is 12.4. The van der Waals surface area contributed by atoms with E-state index in [0.717, 1.165) is 25.1 Å². The molecular weight excluding hydrogens is 320 g/mol. The number of carbonyl (C=O) groups is 2. The number of nitrogens with one attached hydrogen (secondary N) is 3. The monoisotopic (exact) mass is 346 g/mol. The number of benzene rings is 1. The number of piperidine rings is 1. The van der Waals surface area contributed by atoms with Crippen molar-refractivity contribution < 1.29 is 14.7 Å². The summed E-state index contributed by atoms with van der Waals surface area (Å²) in [6, 6.07) is 9.15. The first-order valence-electron chi connectivity index (χ1n) is 8.91. The van der Waals surface area contributed by atoms with Gasteiger partial charge in [0.05, 0.1) is 12.0 Å². The number of amides is 3. The number of β-amino-alcohol motifs (C(OH)–C–C–N with tert-alkyl or cyclic N) is 1. The fraction of sp³-hybridized carbons (Fsp3) is 0.556. The maximum absolute atomic E-state index is 12.4. The molecule has 2 aliphatic rings. The average Bonchev–Trinajstić information content (AvgIpc) is 3.05. The summed E-state index contributed by atoms with van der Waals surface area (Å²) in [5.41, 5.74) is 0.752. The van der Waals surface area contributed by atoms with Gasteiger partial charge in [-0.15, -0.1) is 0 Å². The number of hydrogen-bond donors (Lipinski definition) is 4. The molecule has 25 heavy (non-hydrogen) atoms. The standard InChI is InChI=1S/C18H26N4O3/c23-16-11-19-9-14(16)10-20-17(24)13-5-4-8-22(12-13)18(25)21-15-6-2-1-3-7-15/h1-3,6-7,13-14,16,19,23H,4-5,8-12H2,(H,20,24)(H,21,25). The maximum Gasteiger partial charge on any atom is 0.321 e. The molecule has 0 aromatic heterocycles. The highest BCUT2D eigenvalue weighted by Crippen LogP contribution is 2.18. The molecule has 2 aliphatic heterocycles. The van der Waals surface area contributed by atoms with E-state index >= 15 is 0 Å². The second-order valence-corrected chi connectivity index (χ2v) is 6.81. The van der Waals surface area contributed by atoms with Crippen LogP contribution in [0.4, 0.5) is 10.5 Å². The lowest BCUT2D eigenvalue weighted by Gasteiger charge is -2.32. The Kier molecular flexibility index (Phi) is 5.88. The van der Waals surface area contributed by atoms with Crippen molar-refractivity contribution >= 4 is 17.6 Å². The number of rotatable bonds is 4. The van der Waals surface area contributed by atoms with Crippen molar-refractivity contribution in [2.24, 2.45) is 11.8 Å². The van der Waals surface area contributed by atoms with Crippen molar-refractivity contribution in [1.29, 1.82) is 0 Å². The first-order valence-corrected chi connectivity index (χ1v) is 8.91. The molecule has 4 N–H and O–H groups in total. The third-order valence-corrected chi connectivity index (χ3v) is 4.95. The Bertz CT molecular complexity index is 595. The Morgan fingerprint density at radius 3 is 2.76 bits per heavy atom. The van der Waals surface area contributed by atoms with Crippen molar-refractivity contribution in [3.8, 4) is 0 Å². The van der Waals surface area contributed by atoms with Gasteiger partial charge in [-0.2, -0.15) is 0 Å². The summed E-state index contributed by atoms with van der Waals surface area (Å²) in [6.07, 6.45) is 1.19. The molecule has 1 aromatic carbocycles. The third-order valence-electron chi connectivity index (χ3n) is 4.95. The van der Waals surface area contributed by atoms with Gasteiger partial charge in [-0.1, -0.05) is 18.2 Å². The highest BCUT2D eigenvalue weighted by molar-refractivity contribution is 5.90. The number of aliphatic hydroxyl groups excluding tert-OH is 1. The quantitative estimate of drug-likeness (QED) is 0.643. The molecule has 0 spiro atoms. The minimum atomic E-state index is -0.403. The molecule has 2 heterocycles. The molecule has 3 amide bonds. The van der Waals surface area contributed by atoms with E-state index in [1.54, 1.807) is 4.90 Å². The van der Waals surface area contributed by atoms with Crippen molar-refractivity contribution in [2.45, 2.75) is 18.9 Å². The second kappa shape index (κ2) is 8.31. The van der Waals surface area contributed by atoms with Crippen LogP contribution in [0.2, 0.25) is 0 Å². The highest BCUT2D eigenvalue weighted by Gasteiger charge is 2.30. The second-order valence-electron chi connectivity index (χ2n) is 6.81. The first-order chi connectivity index (χ1) is 12.1. The summed E-state index contributed by atoms with van der Waals surface area (Å²) in [6.45, 7) is 2.86. The first kappa shape index (κ1) is 17.7. The fourth-order valence-electron chi connectivity index (χ4n) is 3.40. The Labute approximate surface area is 147 Å². The summed E-state index contributed by atoms with van der Waals surface area (Å²) in [5, 5.41) is 18.7. The van der Waals surface area contributed by atoms with E-state index in [-0.39, 0.29) is 23.8 Å². The summed E-state index contributed by atoms with van der Waals surface area (Å²) < 4.78 is 0. The van der Waals surface area contributed by atoms with Crippen LogP contribution in [-0.2, 0) is 4.79 Å². The predicted octanol–water partition coefficient (Wildman–Crippen LogP) is 0.627. The number of carbonyl (C=O) groups excluding carboxylic acids is 2. The Morgan fingerprint density at radius 2 is 2.04 bits per heavy atom. The van der Waals surface area contributed by atoms with Crippen molar-refractivity contribution in [2.75, 3.05) is 38.0 Å². The zero-order chi connectivity index (χ0) is 17.6. The number of anilines is 1. The number of para-hydroxylation sites is 1. The van der Waals surface area contributed by atoms with E-state index in [9.17, 15) is 14.7 Å². The lowest BCUT2D eigenvalue weighted by molar-refractivity contribution is -0.126. The SMILES string of the molecule is O=C(NCC1CNCC1O)C1CCCN(C(=O)Nc2ccccc2)C1. The topological polar surface area (TPSA) is 93.7 Å². The zero-order valence-electron chi connectivity index (χ0n) is 14.3. The summed E-state index contributed by atoms with van der Waals surface area (Å²) in [4.78, 5) is 26.5. The molecule has 136 valence electrons. The minimum absolute atomic E-state index is 0.0312. The molecule has 0 saturated carbocycles. The van der Waals surface area contributed by atoms with Crippen LogP contribution in [-0.4, -0.2) is 60.8 Å². The van der Waals surface area contributed by atoms with Gasteiger partial charge in [0.25, 0.3) is 0 Å². The van der Waals surface area contributed by atoms with E-state index in [0.29, 0.717) is 26.2 Å². The van der Waals surface area contributed by atoms with Crippen LogP contribution in [0.3, 0.4) is 0 Å². The molecule has 7 heteroatoms. The summed E-state index contributed by atoms with van der Waals surface area (Å²) >= 11 is 0. The minimum Gasteiger partial charge on any atom is -0.391 e. The molecule has 3 rings (SSSR count). The number of aliphatic hydroxyl groups is 1. The van der Waals surface area contributed by atoms with Crippen LogP contribution < -0.4 is 16.0 Å². The lowest BCUT2D eigenvalue weighted by atomic mass is 9.97. The molecule has 7 nitrogen and oxygen atoms in total. The molecule has 2 fully saturated rings. The molecular formula is C18H26N4O3. The van der Waals surface area contributed by atoms with Gasteiger partial charge in [0.1, 0.15) is 0 Å². The highest BCUT2D eigenvalue weighted by atomic mass is 16.3. The molecule has 0 radical (unpaired) electrons. The van der Waals surface area contributed by atoms with Gasteiger partial charge in [0.15, 0.2) is 0 Å². The molecule has 3 unspecified atom stereocenters. The predicted molar refractivity (Wildman–Crippen MR) is 95.1 cm³/mol. The van der Waals surface area contributed by atoms with Crippen LogP contribution in [0, 0.1) is 11.8 Å². The fourth-order valence-corrected chi connectivity index (χ4v) is 3.40. The van der Waals surface area contributed by atoms with Gasteiger partial charge in [0.2, 0.25) is 5.91 Å². The largest absolute Gasteiger partial charge is 0.391 e. The van der Waals surface area contributed by atoms with Crippen molar-refractivity contribution in [3.63, 3.8) is 0 Å². The molecule has 1 aromatic rings. The normalized spacial score (nSPS) is 26.3. The van der Waals surface area contributed by atoms with E-state index in [1.807, 2.05) is 30.3 Å². The van der Waals surface area contributed by atoms with Gasteiger partial charge in [-0.25, -0.2) is 4.79 Å². The molecule has 0 aliphatic carbocycles. The average molecular weight is 346 g/mol. The van der Waals surface area contributed by atoms with Gasteiger partial charge < -0.3 is 26.0 Å². The van der Waals surface area contributed by atoms with Crippen LogP contribution >= 0.6 is 0 Å². The van der Waals surface area contributed by atoms with Gasteiger partial charge in [0, 0.05) is 44.3 Å². The Hall–Kier alpha value is -2.12. The van der Waals surface area contributed by atoms with Crippen LogP contribution in [0.25, 0.3) is 0 Å². The lowest BCUT2D eigenvalue weighted by Crippen LogP contribution is -2.47. The van der Waals surface area contributed by atoms with Crippen LogP contribution in [0.15, 0.2) is 30.3 Å². The van der Waals surface area contributed by atoms with Gasteiger partial charge in [-0.3, -0.25) is 4.79 Å². The summed E-state index contributed by atoms with van der Waals surface area (Å²) in [5.74, 6) is -0.164. The van der Waals surface area contributed by atoms with Crippen molar-refractivity contribution in [1.82, 2.24) is 15.5 Å². The Morgan fingerprint density at radius 1 is 1.24 bits per heavy atom. The van der Waals surface area contributed by atoms with E-state index in [4.69, 9.17) is 0 Å².